The summed E-state index contributed by atoms with van der Waals surface area (Å²) in [7, 11) is 1.58. The maximum atomic E-state index is 6.39. The van der Waals surface area contributed by atoms with Crippen molar-refractivity contribution >= 4 is 57.1 Å². The number of halogens is 3. The molecule has 1 aromatic heterocycles. The minimum atomic E-state index is 0.0377. The van der Waals surface area contributed by atoms with E-state index < -0.39 is 0 Å². The van der Waals surface area contributed by atoms with E-state index in [1.54, 1.807) is 24.5 Å². The van der Waals surface area contributed by atoms with Crippen molar-refractivity contribution in [2.24, 2.45) is 0 Å². The maximum Gasteiger partial charge on any atom is 0.138 e. The number of hydrogen-bond donors (Lipinski definition) is 1. The van der Waals surface area contributed by atoms with Gasteiger partial charge < -0.3 is 10.1 Å². The van der Waals surface area contributed by atoms with Crippen LogP contribution in [0.1, 0.15) is 24.1 Å². The molecule has 0 radical (unpaired) electrons. The zero-order valence-corrected chi connectivity index (χ0v) is 15.5. The van der Waals surface area contributed by atoms with E-state index in [0.717, 1.165) is 12.1 Å². The first-order valence-corrected chi connectivity index (χ1v) is 8.78. The van der Waals surface area contributed by atoms with Crippen LogP contribution >= 0.6 is 57.1 Å². The number of ether oxygens (including phenoxy) is 1. The van der Waals surface area contributed by atoms with E-state index in [9.17, 15) is 0 Å². The zero-order valence-electron chi connectivity index (χ0n) is 11.0. The van der Waals surface area contributed by atoms with E-state index >= 15 is 0 Å². The Morgan fingerprint density at radius 3 is 2.60 bits per heavy atom. The minimum Gasteiger partial charge on any atom is -0.495 e. The van der Waals surface area contributed by atoms with Crippen molar-refractivity contribution < 1.29 is 4.74 Å². The van der Waals surface area contributed by atoms with Gasteiger partial charge in [0.25, 0.3) is 0 Å². The van der Waals surface area contributed by atoms with Crippen molar-refractivity contribution in [3.05, 3.63) is 47.6 Å². The molecule has 6 heteroatoms. The third-order valence-electron chi connectivity index (χ3n) is 2.91. The van der Waals surface area contributed by atoms with Crippen LogP contribution in [0, 0.1) is 2.88 Å². The molecule has 0 fully saturated rings. The lowest BCUT2D eigenvalue weighted by atomic mass is 10.0. The lowest BCUT2D eigenvalue weighted by Crippen LogP contribution is -2.21. The molecule has 0 aliphatic heterocycles. The molecular weight excluding hydrogens is 428 g/mol. The molecule has 2 aromatic rings. The van der Waals surface area contributed by atoms with Gasteiger partial charge in [-0.15, -0.1) is 11.3 Å². The van der Waals surface area contributed by atoms with E-state index in [1.807, 2.05) is 6.07 Å². The lowest BCUT2D eigenvalue weighted by Gasteiger charge is -2.20. The number of nitrogens with one attached hydrogen (secondary N) is 1. The van der Waals surface area contributed by atoms with Gasteiger partial charge >= 0.3 is 0 Å². The second-order valence-corrected chi connectivity index (χ2v) is 7.80. The lowest BCUT2D eigenvalue weighted by molar-refractivity contribution is 0.414. The van der Waals surface area contributed by atoms with E-state index in [0.29, 0.717) is 15.8 Å². The molecular formula is C14H14Cl2INOS. The predicted molar refractivity (Wildman–Crippen MR) is 95.6 cm³/mol. The summed E-state index contributed by atoms with van der Waals surface area (Å²) >= 11 is 16.7. The first kappa shape index (κ1) is 16.4. The Balaban J connectivity index is 2.46. The third-order valence-corrected chi connectivity index (χ3v) is 5.34. The summed E-state index contributed by atoms with van der Waals surface area (Å²) in [6.45, 7) is 2.92. The fourth-order valence-corrected chi connectivity index (χ4v) is 3.92. The molecule has 0 saturated carbocycles. The largest absolute Gasteiger partial charge is 0.495 e. The highest BCUT2D eigenvalue weighted by molar-refractivity contribution is 14.1. The average Bonchev–Trinajstić information content (AvgIpc) is 2.85. The number of benzene rings is 1. The molecule has 1 unspecified atom stereocenters. The van der Waals surface area contributed by atoms with Crippen molar-refractivity contribution in [3.63, 3.8) is 0 Å². The van der Waals surface area contributed by atoms with Crippen molar-refractivity contribution in [2.75, 3.05) is 13.7 Å². The van der Waals surface area contributed by atoms with Crippen LogP contribution in [0.5, 0.6) is 5.75 Å². The molecule has 2 nitrogen and oxygen atoms in total. The molecule has 1 heterocycles. The fourth-order valence-electron chi connectivity index (χ4n) is 2.01. The van der Waals surface area contributed by atoms with Gasteiger partial charge in [-0.25, -0.2) is 0 Å². The van der Waals surface area contributed by atoms with Crippen molar-refractivity contribution in [1.82, 2.24) is 5.32 Å². The second-order valence-electron chi connectivity index (χ2n) is 4.18. The third kappa shape index (κ3) is 3.60. The van der Waals surface area contributed by atoms with Crippen LogP contribution in [-0.2, 0) is 0 Å². The van der Waals surface area contributed by atoms with Crippen LogP contribution in [0.4, 0.5) is 0 Å². The summed E-state index contributed by atoms with van der Waals surface area (Å²) in [4.78, 5) is 0. The first-order valence-electron chi connectivity index (χ1n) is 6.07. The van der Waals surface area contributed by atoms with Crippen molar-refractivity contribution in [1.29, 1.82) is 0 Å². The minimum absolute atomic E-state index is 0.0377. The van der Waals surface area contributed by atoms with Gasteiger partial charge in [0.1, 0.15) is 5.75 Å². The van der Waals surface area contributed by atoms with Crippen LogP contribution in [-0.4, -0.2) is 13.7 Å². The molecule has 0 spiro atoms. The molecule has 0 bridgehead atoms. The normalized spacial score (nSPS) is 12.4. The van der Waals surface area contributed by atoms with E-state index in [-0.39, 0.29) is 6.04 Å². The Morgan fingerprint density at radius 1 is 1.30 bits per heavy atom. The Hall–Kier alpha value is -0.0100. The van der Waals surface area contributed by atoms with Gasteiger partial charge in [0.15, 0.2) is 0 Å². The fraction of sp³-hybridized carbons (Fsp3) is 0.286. The first-order chi connectivity index (χ1) is 9.56. The predicted octanol–water partition coefficient (Wildman–Crippen LogP) is 5.37. The number of thiophene rings is 1. The van der Waals surface area contributed by atoms with Crippen molar-refractivity contribution in [2.45, 2.75) is 13.0 Å². The number of rotatable bonds is 5. The van der Waals surface area contributed by atoms with Gasteiger partial charge in [0, 0.05) is 11.1 Å². The highest BCUT2D eigenvalue weighted by Crippen LogP contribution is 2.37. The van der Waals surface area contributed by atoms with Crippen LogP contribution in [0.25, 0.3) is 0 Å². The van der Waals surface area contributed by atoms with E-state index in [2.05, 4.69) is 46.3 Å². The van der Waals surface area contributed by atoms with Gasteiger partial charge in [-0.05, 0) is 57.8 Å². The number of hydrogen-bond acceptors (Lipinski definition) is 3. The molecule has 108 valence electrons. The zero-order chi connectivity index (χ0) is 14.7. The van der Waals surface area contributed by atoms with Gasteiger partial charge in [0.2, 0.25) is 0 Å². The molecule has 20 heavy (non-hydrogen) atoms. The molecule has 0 amide bonds. The molecule has 2 rings (SSSR count). The van der Waals surface area contributed by atoms with Gasteiger partial charge in [-0.2, -0.15) is 0 Å². The Bertz CT molecular complexity index is 603. The monoisotopic (exact) mass is 441 g/mol. The molecule has 1 N–H and O–H groups in total. The van der Waals surface area contributed by atoms with E-state index in [1.165, 1.54) is 8.45 Å². The summed E-state index contributed by atoms with van der Waals surface area (Å²) < 4.78 is 6.44. The van der Waals surface area contributed by atoms with Crippen LogP contribution < -0.4 is 10.1 Å². The molecule has 1 atom stereocenters. The standard InChI is InChI=1S/C14H14Cl2INOS/c1-3-18-14(8-4-13(17)20-7-8)9-5-11(16)12(19-2)6-10(9)15/h4-7,14,18H,3H2,1-2H3. The molecule has 1 aromatic carbocycles. The Kier molecular flexibility index (Phi) is 5.98. The second kappa shape index (κ2) is 7.31. The summed E-state index contributed by atoms with van der Waals surface area (Å²) in [5.41, 5.74) is 2.16. The Morgan fingerprint density at radius 2 is 2.05 bits per heavy atom. The average molecular weight is 442 g/mol. The van der Waals surface area contributed by atoms with Gasteiger partial charge in [-0.1, -0.05) is 30.1 Å². The van der Waals surface area contributed by atoms with Gasteiger partial charge in [0.05, 0.1) is 21.1 Å². The highest BCUT2D eigenvalue weighted by atomic mass is 127. The topological polar surface area (TPSA) is 21.3 Å². The number of methoxy groups -OCH3 is 1. The summed E-state index contributed by atoms with van der Waals surface area (Å²) in [5, 5.41) is 6.82. The maximum absolute atomic E-state index is 6.39. The SMILES string of the molecule is CCNC(c1csc(I)c1)c1cc(Cl)c(OC)cc1Cl. The highest BCUT2D eigenvalue weighted by Gasteiger charge is 2.19. The summed E-state index contributed by atoms with van der Waals surface area (Å²) in [5.74, 6) is 0.593. The van der Waals surface area contributed by atoms with E-state index in [4.69, 9.17) is 27.9 Å². The molecule has 0 saturated heterocycles. The quantitative estimate of drug-likeness (QED) is 0.630. The van der Waals surface area contributed by atoms with Crippen LogP contribution in [0.2, 0.25) is 10.0 Å². The summed E-state index contributed by atoms with van der Waals surface area (Å²) in [6.07, 6.45) is 0. The van der Waals surface area contributed by atoms with Gasteiger partial charge in [-0.3, -0.25) is 0 Å². The smallest absolute Gasteiger partial charge is 0.138 e. The molecule has 0 aliphatic carbocycles. The van der Waals surface area contributed by atoms with Crippen LogP contribution in [0.3, 0.4) is 0 Å². The summed E-state index contributed by atoms with van der Waals surface area (Å²) in [6, 6.07) is 5.84. The van der Waals surface area contributed by atoms with Crippen molar-refractivity contribution in [3.8, 4) is 5.75 Å². The van der Waals surface area contributed by atoms with Crippen LogP contribution in [0.15, 0.2) is 23.6 Å². The Labute approximate surface area is 146 Å². The molecule has 0 aliphatic rings.